The summed E-state index contributed by atoms with van der Waals surface area (Å²) in [4.78, 5) is 72.4. The summed E-state index contributed by atoms with van der Waals surface area (Å²) in [5.41, 5.74) is 23.6. The van der Waals surface area contributed by atoms with Crippen molar-refractivity contribution in [3.63, 3.8) is 0 Å². The van der Waals surface area contributed by atoms with Gasteiger partial charge in [-0.25, -0.2) is 9.97 Å². The van der Waals surface area contributed by atoms with E-state index in [1.165, 1.54) is 13.2 Å². The third-order valence-corrected chi connectivity index (χ3v) is 11.3. The molecule has 21 heteroatoms. The minimum absolute atomic E-state index is 0.174. The van der Waals surface area contributed by atoms with E-state index in [1.54, 1.807) is 63.3 Å². The fourth-order valence-electron chi connectivity index (χ4n) is 7.89. The molecule has 21 nitrogen and oxygen atoms in total. The van der Waals surface area contributed by atoms with Crippen LogP contribution in [0.5, 0.6) is 11.5 Å². The summed E-state index contributed by atoms with van der Waals surface area (Å²) in [6.07, 6.45) is 5.53. The molecule has 0 radical (unpaired) electrons. The third-order valence-electron chi connectivity index (χ3n) is 11.3. The molecular weight excluding hydrogens is 897 g/mol. The lowest BCUT2D eigenvalue weighted by molar-refractivity contribution is -0.131. The lowest BCUT2D eigenvalue weighted by Crippen LogP contribution is -2.43. The Kier molecular flexibility index (Phi) is 16.9. The fourth-order valence-corrected chi connectivity index (χ4v) is 7.89. The van der Waals surface area contributed by atoms with E-state index in [-0.39, 0.29) is 36.1 Å². The molecule has 1 unspecified atom stereocenters. The lowest BCUT2D eigenvalue weighted by Gasteiger charge is -2.21. The monoisotopic (exact) mass is 956 g/mol. The van der Waals surface area contributed by atoms with Gasteiger partial charge in [-0.05, 0) is 82.5 Å². The van der Waals surface area contributed by atoms with Crippen molar-refractivity contribution in [2.24, 2.45) is 17.2 Å². The molecule has 7 rings (SSSR count). The van der Waals surface area contributed by atoms with Gasteiger partial charge in [0.05, 0.1) is 42.2 Å². The van der Waals surface area contributed by atoms with E-state index in [2.05, 4.69) is 25.8 Å². The summed E-state index contributed by atoms with van der Waals surface area (Å²) in [6.45, 7) is 9.92. The number of carbonyl (C=O) groups is 5. The van der Waals surface area contributed by atoms with E-state index in [9.17, 15) is 24.0 Å². The zero-order valence-electron chi connectivity index (χ0n) is 40.4. The second-order valence-electron chi connectivity index (χ2n) is 16.3. The van der Waals surface area contributed by atoms with Gasteiger partial charge in [-0.2, -0.15) is 10.2 Å². The molecule has 0 bridgehead atoms. The van der Waals surface area contributed by atoms with Crippen molar-refractivity contribution in [3.05, 3.63) is 118 Å². The third kappa shape index (κ3) is 11.8. The number of carbonyl (C=O) groups excluding carboxylic acids is 5. The van der Waals surface area contributed by atoms with E-state index < -0.39 is 23.8 Å². The van der Waals surface area contributed by atoms with Gasteiger partial charge in [-0.1, -0.05) is 42.5 Å². The lowest BCUT2D eigenvalue weighted by atomic mass is 10.1. The predicted octanol–water partition coefficient (Wildman–Crippen LogP) is 4.49. The second kappa shape index (κ2) is 23.1. The fraction of sp³-hybridized carbons (Fsp3) is 0.327. The van der Waals surface area contributed by atoms with Crippen molar-refractivity contribution in [1.82, 2.24) is 43.6 Å². The minimum Gasteiger partial charge on any atom is -0.494 e. The van der Waals surface area contributed by atoms with Gasteiger partial charge in [0.1, 0.15) is 33.9 Å². The molecule has 1 atom stereocenters. The average molecular weight is 957 g/mol. The highest BCUT2D eigenvalue weighted by Gasteiger charge is 2.23. The van der Waals surface area contributed by atoms with Crippen LogP contribution in [0.3, 0.4) is 0 Å². The highest BCUT2D eigenvalue weighted by molar-refractivity contribution is 6.04. The number of rotatable bonds is 21. The highest BCUT2D eigenvalue weighted by Crippen LogP contribution is 2.33. The molecule has 4 amide bonds. The Morgan fingerprint density at radius 1 is 0.800 bits per heavy atom. The Morgan fingerprint density at radius 2 is 1.37 bits per heavy atom. The van der Waals surface area contributed by atoms with Crippen LogP contribution in [0.1, 0.15) is 78.9 Å². The summed E-state index contributed by atoms with van der Waals surface area (Å²) in [5, 5.41) is 14.5. The molecule has 70 heavy (non-hydrogen) atoms. The van der Waals surface area contributed by atoms with E-state index in [0.29, 0.717) is 89.1 Å². The molecule has 4 aromatic heterocycles. The van der Waals surface area contributed by atoms with E-state index >= 15 is 0 Å². The van der Waals surface area contributed by atoms with Crippen LogP contribution in [0.4, 0.5) is 11.9 Å². The van der Waals surface area contributed by atoms with Gasteiger partial charge in [-0.15, -0.1) is 0 Å². The number of allylic oxidation sites excluding steroid dienone is 2. The molecule has 368 valence electrons. The molecule has 7 aromatic rings. The van der Waals surface area contributed by atoms with Crippen molar-refractivity contribution < 1.29 is 33.4 Å². The van der Waals surface area contributed by atoms with Crippen molar-refractivity contribution in [3.8, 4) is 11.5 Å². The first-order chi connectivity index (χ1) is 33.6. The first kappa shape index (κ1) is 51.1. The van der Waals surface area contributed by atoms with Gasteiger partial charge in [-0.3, -0.25) is 38.7 Å². The number of imidazole rings is 2. The summed E-state index contributed by atoms with van der Waals surface area (Å²) < 4.78 is 18.9. The normalized spacial score (nSPS) is 11.6. The predicted molar refractivity (Wildman–Crippen MR) is 266 cm³/mol. The van der Waals surface area contributed by atoms with Crippen molar-refractivity contribution in [2.45, 2.75) is 72.8 Å². The number of anilines is 2. The van der Waals surface area contributed by atoms with Crippen LogP contribution in [0.2, 0.25) is 0 Å². The summed E-state index contributed by atoms with van der Waals surface area (Å²) in [6, 6.07) is 18.7. The largest absolute Gasteiger partial charge is 0.494 e. The number of hydrogen-bond acceptors (Lipinski definition) is 13. The second-order valence-corrected chi connectivity index (χ2v) is 16.3. The van der Waals surface area contributed by atoms with Crippen LogP contribution in [0.15, 0.2) is 78.9 Å². The number of fused-ring (bicyclic) bond motifs is 2. The number of aryl methyl sites for hydroxylation is 4. The molecule has 8 N–H and O–H groups in total. The number of ether oxygens (including phenoxy) is 2. The van der Waals surface area contributed by atoms with Gasteiger partial charge in [0, 0.05) is 57.9 Å². The first-order valence-corrected chi connectivity index (χ1v) is 22.7. The molecule has 0 saturated heterocycles. The molecule has 4 heterocycles. The SMILES string of the molecule is CCn1nc(C)cc1C(=O)Nc1nc2cc(C(N)=O)cc(OC)c2n1C/C=C/Cn1c(NC)nc2cc(C(N)=O)cc(OCCCN(C)C(=O)C(N)Cc3ccccc3)c21.CCn1nc(C)cc1C=O. The van der Waals surface area contributed by atoms with Crippen LogP contribution in [0.25, 0.3) is 22.1 Å². The van der Waals surface area contributed by atoms with Crippen LogP contribution in [0, 0.1) is 13.8 Å². The zero-order chi connectivity index (χ0) is 50.6. The van der Waals surface area contributed by atoms with Crippen molar-refractivity contribution in [2.75, 3.05) is 45.0 Å². The number of amides is 4. The molecule has 0 aliphatic heterocycles. The van der Waals surface area contributed by atoms with E-state index in [0.717, 1.165) is 24.1 Å². The molecule has 0 spiro atoms. The summed E-state index contributed by atoms with van der Waals surface area (Å²) in [5.74, 6) is -0.432. The molecule has 0 aliphatic rings. The minimum atomic E-state index is -0.678. The van der Waals surface area contributed by atoms with Gasteiger partial charge < -0.3 is 46.0 Å². The average Bonchev–Trinajstić information content (AvgIpc) is 4.12. The number of aldehydes is 1. The van der Waals surface area contributed by atoms with E-state index in [4.69, 9.17) is 31.7 Å². The number of primary amides is 2. The Balaban J connectivity index is 0.000000714. The number of benzene rings is 3. The number of nitrogens with zero attached hydrogens (tertiary/aromatic N) is 9. The number of likely N-dealkylation sites (N-methyl/N-ethyl adjacent to an activating group) is 1. The summed E-state index contributed by atoms with van der Waals surface area (Å²) in [7, 11) is 4.92. The Bertz CT molecular complexity index is 3040. The van der Waals surface area contributed by atoms with Crippen molar-refractivity contribution in [1.29, 1.82) is 0 Å². The standard InChI is InChI=1S/C42H50N12O6.C7H10N2O/c1-6-54-32(19-25(2)50-54)39(57)49-42-48-30-21-27(37(44)55)23-33(59-5)35(30)53(42)17-11-10-16-52-36-31(47-41(52)46-3)22-28(38(45)56)24-34(36)60-18-12-15-51(4)40(58)29(43)20-26-13-8-7-9-14-26;1-3-9-7(5-10)4-6(2)8-9/h7-11,13-14,19,21-24,29H,6,12,15-18,20,43H2,1-5H3,(H2,44,55)(H2,45,56)(H,46,47)(H,48,49,57);4-5H,3H2,1-2H3/b11-10+;. The number of nitrogens with two attached hydrogens (primary N) is 3. The number of hydrogen-bond donors (Lipinski definition) is 5. The molecular formula is C49H60N14O7. The Hall–Kier alpha value is -8.33. The van der Waals surface area contributed by atoms with Crippen LogP contribution < -0.4 is 37.3 Å². The van der Waals surface area contributed by atoms with Gasteiger partial charge in [0.2, 0.25) is 29.6 Å². The van der Waals surface area contributed by atoms with Crippen LogP contribution in [-0.2, 0) is 37.4 Å². The van der Waals surface area contributed by atoms with Gasteiger partial charge in [0.15, 0.2) is 6.29 Å². The van der Waals surface area contributed by atoms with Crippen LogP contribution in [-0.4, -0.2) is 114 Å². The number of nitrogens with one attached hydrogen (secondary N) is 2. The zero-order valence-corrected chi connectivity index (χ0v) is 40.4. The Labute approximate surface area is 404 Å². The Morgan fingerprint density at radius 3 is 1.94 bits per heavy atom. The van der Waals surface area contributed by atoms with Crippen LogP contribution >= 0.6 is 0 Å². The molecule has 0 fully saturated rings. The number of methoxy groups -OCH3 is 1. The van der Waals surface area contributed by atoms with Gasteiger partial charge >= 0.3 is 0 Å². The quantitative estimate of drug-likeness (QED) is 0.0378. The van der Waals surface area contributed by atoms with Gasteiger partial charge in [0.25, 0.3) is 5.91 Å². The van der Waals surface area contributed by atoms with E-state index in [1.807, 2.05) is 74.7 Å². The smallest absolute Gasteiger partial charge is 0.276 e. The molecule has 3 aromatic carbocycles. The molecule has 0 saturated carbocycles. The summed E-state index contributed by atoms with van der Waals surface area (Å²) >= 11 is 0. The maximum Gasteiger partial charge on any atom is 0.276 e. The van der Waals surface area contributed by atoms with Crippen molar-refractivity contribution >= 4 is 63.9 Å². The molecule has 0 aliphatic carbocycles. The first-order valence-electron chi connectivity index (χ1n) is 22.7. The maximum atomic E-state index is 13.6. The highest BCUT2D eigenvalue weighted by atomic mass is 16.5. The number of aromatic nitrogens is 8. The topological polar surface area (TPSA) is 280 Å². The maximum absolute atomic E-state index is 13.6.